The summed E-state index contributed by atoms with van der Waals surface area (Å²) in [5.74, 6) is 1.58. The molecule has 3 heterocycles. The van der Waals surface area contributed by atoms with Gasteiger partial charge in [0.25, 0.3) is 0 Å². The monoisotopic (exact) mass is 490 g/mol. The highest BCUT2D eigenvalue weighted by atomic mass is 15.1. The zero-order valence-corrected chi connectivity index (χ0v) is 21.9. The molecule has 2 N–H and O–H groups in total. The lowest BCUT2D eigenvalue weighted by Gasteiger charge is -2.39. The molecule has 0 radical (unpaired) electrons. The third kappa shape index (κ3) is 4.15. The highest BCUT2D eigenvalue weighted by Gasteiger charge is 2.38. The Hall–Kier alpha value is -3.77. The number of nitrogen functional groups attached to an aromatic ring is 1. The summed E-state index contributed by atoms with van der Waals surface area (Å²) in [7, 11) is 2.24. The summed E-state index contributed by atoms with van der Waals surface area (Å²) in [5.41, 5.74) is 12.2. The highest BCUT2D eigenvalue weighted by Crippen LogP contribution is 2.42. The van der Waals surface area contributed by atoms with Crippen molar-refractivity contribution in [3.63, 3.8) is 0 Å². The lowest BCUT2D eigenvalue weighted by Crippen LogP contribution is -2.40. The Bertz CT molecular complexity index is 1560. The van der Waals surface area contributed by atoms with E-state index in [-0.39, 0.29) is 5.41 Å². The zero-order chi connectivity index (χ0) is 25.6. The molecule has 6 heteroatoms. The molecule has 188 valence electrons. The molecule has 37 heavy (non-hydrogen) atoms. The predicted octanol–water partition coefficient (Wildman–Crippen LogP) is 6.35. The van der Waals surface area contributed by atoms with Crippen LogP contribution in [-0.2, 0) is 5.41 Å². The molecule has 6 rings (SSSR count). The van der Waals surface area contributed by atoms with Crippen molar-refractivity contribution in [2.24, 2.45) is 0 Å². The van der Waals surface area contributed by atoms with Crippen molar-refractivity contribution in [3.05, 3.63) is 78.9 Å². The van der Waals surface area contributed by atoms with Crippen LogP contribution in [0.25, 0.3) is 38.9 Å². The van der Waals surface area contributed by atoms with Crippen LogP contribution in [0.2, 0.25) is 0 Å². The largest absolute Gasteiger partial charge is 0.382 e. The molecule has 0 saturated heterocycles. The third-order valence-electron chi connectivity index (χ3n) is 8.34. The number of hydrogen-bond acceptors (Lipinski definition) is 5. The fraction of sp³-hybridized carbons (Fsp3) is 0.323. The van der Waals surface area contributed by atoms with Gasteiger partial charge in [0.05, 0.1) is 11.2 Å². The Kier molecular flexibility index (Phi) is 5.92. The van der Waals surface area contributed by atoms with Gasteiger partial charge in [-0.3, -0.25) is 4.40 Å². The molecule has 6 nitrogen and oxygen atoms in total. The van der Waals surface area contributed by atoms with Gasteiger partial charge in [-0.05, 0) is 51.4 Å². The number of imidazole rings is 1. The molecule has 1 aliphatic carbocycles. The van der Waals surface area contributed by atoms with E-state index in [4.69, 9.17) is 15.7 Å². The Morgan fingerprint density at radius 3 is 2.51 bits per heavy atom. The number of pyridine rings is 1. The second kappa shape index (κ2) is 9.27. The van der Waals surface area contributed by atoms with Crippen molar-refractivity contribution in [2.45, 2.75) is 51.0 Å². The number of rotatable bonds is 5. The Morgan fingerprint density at radius 1 is 1.00 bits per heavy atom. The third-order valence-corrected chi connectivity index (χ3v) is 8.34. The smallest absolute Gasteiger partial charge is 0.150 e. The van der Waals surface area contributed by atoms with Crippen molar-refractivity contribution in [1.82, 2.24) is 24.3 Å². The van der Waals surface area contributed by atoms with E-state index < -0.39 is 0 Å². The van der Waals surface area contributed by atoms with E-state index in [0.717, 1.165) is 64.1 Å². The van der Waals surface area contributed by atoms with E-state index in [1.54, 1.807) is 6.20 Å². The van der Waals surface area contributed by atoms with Gasteiger partial charge in [-0.2, -0.15) is 0 Å². The number of benzene rings is 2. The van der Waals surface area contributed by atoms with Crippen molar-refractivity contribution < 1.29 is 0 Å². The molecule has 0 amide bonds. The first-order chi connectivity index (χ1) is 18.0. The summed E-state index contributed by atoms with van der Waals surface area (Å²) < 4.78 is 2.18. The molecule has 1 fully saturated rings. The number of nitrogens with zero attached hydrogens (tertiary/aromatic N) is 5. The van der Waals surface area contributed by atoms with Gasteiger partial charge < -0.3 is 10.6 Å². The lowest BCUT2D eigenvalue weighted by atomic mass is 9.73. The molecule has 1 aliphatic rings. The van der Waals surface area contributed by atoms with E-state index in [9.17, 15) is 0 Å². The molecular formula is C31H34N6. The fourth-order valence-corrected chi connectivity index (χ4v) is 5.89. The number of aromatic nitrogens is 4. The molecule has 0 bridgehead atoms. The van der Waals surface area contributed by atoms with Gasteiger partial charge in [-0.25, -0.2) is 15.0 Å². The summed E-state index contributed by atoms with van der Waals surface area (Å²) in [6.07, 6.45) is 8.34. The first-order valence-electron chi connectivity index (χ1n) is 13.3. The Morgan fingerprint density at radius 2 is 1.76 bits per heavy atom. The van der Waals surface area contributed by atoms with E-state index in [2.05, 4.69) is 77.6 Å². The number of nitrogens with two attached hydrogens (primary N) is 1. The maximum absolute atomic E-state index is 6.48. The first-order valence-corrected chi connectivity index (χ1v) is 13.3. The molecule has 0 unspecified atom stereocenters. The van der Waals surface area contributed by atoms with Crippen molar-refractivity contribution in [3.8, 4) is 22.5 Å². The van der Waals surface area contributed by atoms with Crippen molar-refractivity contribution >= 4 is 22.2 Å². The van der Waals surface area contributed by atoms with Gasteiger partial charge in [-0.15, -0.1) is 0 Å². The summed E-state index contributed by atoms with van der Waals surface area (Å²) >= 11 is 0. The zero-order valence-electron chi connectivity index (χ0n) is 21.9. The normalized spacial score (nSPS) is 20.2. The molecule has 3 aromatic heterocycles. The Balaban J connectivity index is 1.44. The van der Waals surface area contributed by atoms with Crippen LogP contribution in [0.5, 0.6) is 0 Å². The molecule has 2 aromatic carbocycles. The topological polar surface area (TPSA) is 72.3 Å². The SMILES string of the molecule is CCN(C)C1CCC(C)(c2nc(-c3ccc4ccc(-c5ccccc5)nc4c3)c3c(N)nccn23)CC1. The average molecular weight is 491 g/mol. The molecule has 5 aromatic rings. The quantitative estimate of drug-likeness (QED) is 0.311. The van der Waals surface area contributed by atoms with Crippen LogP contribution in [0.3, 0.4) is 0 Å². The Labute approximate surface area is 218 Å². The molecule has 1 saturated carbocycles. The summed E-state index contributed by atoms with van der Waals surface area (Å²) in [4.78, 5) is 17.2. The number of anilines is 1. The standard InChI is InChI=1S/C31H34N6/c1-4-36(3)24-14-16-31(2,17-15-24)30-35-27(28-29(32)33-18-19-37(28)30)23-11-10-22-12-13-25(34-26(22)20-23)21-8-6-5-7-9-21/h5-13,18-20,24H,4,14-17H2,1-3H3,(H2,32,33). The minimum absolute atomic E-state index is 0.0182. The van der Waals surface area contributed by atoms with Crippen molar-refractivity contribution in [1.29, 1.82) is 0 Å². The minimum atomic E-state index is -0.0182. The van der Waals surface area contributed by atoms with Crippen LogP contribution < -0.4 is 5.73 Å². The van der Waals surface area contributed by atoms with Crippen molar-refractivity contribution in [2.75, 3.05) is 19.3 Å². The maximum Gasteiger partial charge on any atom is 0.150 e. The fourth-order valence-electron chi connectivity index (χ4n) is 5.89. The molecule has 0 spiro atoms. The van der Waals surface area contributed by atoms with E-state index in [1.807, 2.05) is 24.4 Å². The minimum Gasteiger partial charge on any atom is -0.382 e. The molecular weight excluding hydrogens is 456 g/mol. The molecule has 0 aliphatic heterocycles. The van der Waals surface area contributed by atoms with Crippen LogP contribution in [0.1, 0.15) is 45.4 Å². The predicted molar refractivity (Wildman–Crippen MR) is 151 cm³/mol. The summed E-state index contributed by atoms with van der Waals surface area (Å²) in [6.45, 7) is 5.68. The van der Waals surface area contributed by atoms with Crippen LogP contribution in [-0.4, -0.2) is 43.9 Å². The van der Waals surface area contributed by atoms with E-state index in [0.29, 0.717) is 11.9 Å². The van der Waals surface area contributed by atoms with Crippen LogP contribution in [0, 0.1) is 0 Å². The highest BCUT2D eigenvalue weighted by molar-refractivity contribution is 5.91. The first kappa shape index (κ1) is 23.6. The van der Waals surface area contributed by atoms with Gasteiger partial charge in [-0.1, -0.05) is 62.4 Å². The van der Waals surface area contributed by atoms with Gasteiger partial charge in [0.15, 0.2) is 0 Å². The average Bonchev–Trinajstić information content (AvgIpc) is 3.35. The second-order valence-corrected chi connectivity index (χ2v) is 10.7. The van der Waals surface area contributed by atoms with Gasteiger partial charge in [0.1, 0.15) is 22.9 Å². The van der Waals surface area contributed by atoms with Crippen LogP contribution in [0.15, 0.2) is 73.1 Å². The van der Waals surface area contributed by atoms with Gasteiger partial charge in [0.2, 0.25) is 0 Å². The van der Waals surface area contributed by atoms with Gasteiger partial charge >= 0.3 is 0 Å². The summed E-state index contributed by atoms with van der Waals surface area (Å²) in [6, 6.07) is 21.5. The van der Waals surface area contributed by atoms with E-state index in [1.165, 1.54) is 12.8 Å². The number of fused-ring (bicyclic) bond motifs is 2. The van der Waals surface area contributed by atoms with E-state index >= 15 is 0 Å². The maximum atomic E-state index is 6.48. The molecule has 0 atom stereocenters. The number of hydrogen-bond donors (Lipinski definition) is 1. The van der Waals surface area contributed by atoms with Gasteiger partial charge in [0, 0.05) is 40.4 Å². The van der Waals surface area contributed by atoms with Crippen LogP contribution in [0.4, 0.5) is 5.82 Å². The summed E-state index contributed by atoms with van der Waals surface area (Å²) in [5, 5.41) is 1.10. The van der Waals surface area contributed by atoms with Crippen LogP contribution >= 0.6 is 0 Å². The lowest BCUT2D eigenvalue weighted by molar-refractivity contribution is 0.156. The second-order valence-electron chi connectivity index (χ2n) is 10.7.